The van der Waals surface area contributed by atoms with E-state index in [0.29, 0.717) is 66.8 Å². The Bertz CT molecular complexity index is 1540. The zero-order valence-electron chi connectivity index (χ0n) is 21.2. The number of carbonyl (C=O) groups is 1. The molecule has 5 heterocycles. The van der Waals surface area contributed by atoms with Gasteiger partial charge in [0.1, 0.15) is 5.69 Å². The lowest BCUT2D eigenvalue weighted by Crippen LogP contribution is -2.47. The summed E-state index contributed by atoms with van der Waals surface area (Å²) in [5.74, 6) is -0.541. The van der Waals surface area contributed by atoms with Crippen LogP contribution in [-0.2, 0) is 20.7 Å². The van der Waals surface area contributed by atoms with Crippen molar-refractivity contribution in [2.24, 2.45) is 0 Å². The number of fused-ring (bicyclic) bond motifs is 1. The van der Waals surface area contributed by atoms with Gasteiger partial charge in [-0.3, -0.25) is 14.0 Å². The molecular weight excluding hydrogens is 490 g/mol. The van der Waals surface area contributed by atoms with Crippen LogP contribution in [0.4, 0.5) is 0 Å². The van der Waals surface area contributed by atoms with Gasteiger partial charge in [0.15, 0.2) is 10.7 Å². The fraction of sp³-hybridized carbons (Fsp3) is 0.407. The first-order chi connectivity index (χ1) is 17.8. The van der Waals surface area contributed by atoms with Crippen LogP contribution in [-0.4, -0.2) is 62.1 Å². The second-order valence-corrected chi connectivity index (χ2v) is 10.6. The van der Waals surface area contributed by atoms with E-state index < -0.39 is 5.79 Å². The van der Waals surface area contributed by atoms with Gasteiger partial charge in [-0.15, -0.1) is 11.3 Å². The molecule has 6 rings (SSSR count). The van der Waals surface area contributed by atoms with E-state index in [4.69, 9.17) is 19.6 Å². The first kappa shape index (κ1) is 24.0. The van der Waals surface area contributed by atoms with Gasteiger partial charge in [-0.1, -0.05) is 17.7 Å². The van der Waals surface area contributed by atoms with Crippen LogP contribution >= 0.6 is 11.3 Å². The van der Waals surface area contributed by atoms with Gasteiger partial charge in [0, 0.05) is 42.7 Å². The van der Waals surface area contributed by atoms with Crippen LogP contribution in [0.2, 0.25) is 0 Å². The molecule has 1 amide bonds. The highest BCUT2D eigenvalue weighted by molar-refractivity contribution is 7.15. The summed E-state index contributed by atoms with van der Waals surface area (Å²) in [6.07, 6.45) is 1.46. The number of aryl methyl sites for hydroxylation is 3. The molecule has 10 heteroatoms. The number of amides is 1. The van der Waals surface area contributed by atoms with Crippen molar-refractivity contribution >= 4 is 22.2 Å². The number of aromatic nitrogens is 4. The smallest absolute Gasteiger partial charge is 0.268 e. The Labute approximate surface area is 218 Å². The molecule has 2 aliphatic heterocycles. The number of ether oxygens (including phenoxy) is 2. The molecule has 0 atom stereocenters. The highest BCUT2D eigenvalue weighted by Crippen LogP contribution is 2.31. The Kier molecular flexibility index (Phi) is 5.97. The van der Waals surface area contributed by atoms with Crippen molar-refractivity contribution in [2.45, 2.75) is 45.8 Å². The Morgan fingerprint density at radius 2 is 1.78 bits per heavy atom. The number of hydrogen-bond donors (Lipinski definition) is 0. The van der Waals surface area contributed by atoms with Crippen molar-refractivity contribution in [3.63, 3.8) is 0 Å². The highest BCUT2D eigenvalue weighted by atomic mass is 32.1. The van der Waals surface area contributed by atoms with Crippen LogP contribution in [0.5, 0.6) is 0 Å². The monoisotopic (exact) mass is 519 g/mol. The number of piperidine rings is 1. The molecule has 0 unspecified atom stereocenters. The minimum atomic E-state index is -0.529. The maximum Gasteiger partial charge on any atom is 0.268 e. The maximum absolute atomic E-state index is 13.8. The quantitative estimate of drug-likeness (QED) is 0.410. The highest BCUT2D eigenvalue weighted by Gasteiger charge is 2.40. The van der Waals surface area contributed by atoms with Crippen LogP contribution in [0.15, 0.2) is 40.5 Å². The summed E-state index contributed by atoms with van der Waals surface area (Å²) < 4.78 is 15.0. The molecule has 0 aliphatic carbocycles. The number of hydrogen-bond acceptors (Lipinski definition) is 7. The SMILES string of the molecule is Cc1ccc(-n2nc(-c3c(C)nc4scc(CC(=O)N5CCC6(CC5)OCCO6)n4c3=O)cc2C)cc1. The summed E-state index contributed by atoms with van der Waals surface area (Å²) in [5, 5.41) is 6.62. The number of rotatable bonds is 4. The Balaban J connectivity index is 1.30. The van der Waals surface area contributed by atoms with Crippen molar-refractivity contribution in [1.29, 1.82) is 0 Å². The maximum atomic E-state index is 13.8. The zero-order chi connectivity index (χ0) is 25.7. The second kappa shape index (κ2) is 9.20. The van der Waals surface area contributed by atoms with E-state index in [1.807, 2.05) is 66.1 Å². The number of carbonyl (C=O) groups excluding carboxylic acids is 1. The van der Waals surface area contributed by atoms with Crippen LogP contribution < -0.4 is 5.56 Å². The second-order valence-electron chi connectivity index (χ2n) is 9.81. The van der Waals surface area contributed by atoms with E-state index in [2.05, 4.69) is 0 Å². The number of benzene rings is 1. The summed E-state index contributed by atoms with van der Waals surface area (Å²) >= 11 is 1.37. The number of likely N-dealkylation sites (tertiary alicyclic amines) is 1. The predicted molar refractivity (Wildman–Crippen MR) is 140 cm³/mol. The summed E-state index contributed by atoms with van der Waals surface area (Å²) in [6.45, 7) is 8.21. The average molecular weight is 520 g/mol. The molecule has 9 nitrogen and oxygen atoms in total. The lowest BCUT2D eigenvalue weighted by Gasteiger charge is -2.37. The molecule has 0 N–H and O–H groups in total. The van der Waals surface area contributed by atoms with Crippen LogP contribution in [0, 0.1) is 20.8 Å². The summed E-state index contributed by atoms with van der Waals surface area (Å²) in [7, 11) is 0. The van der Waals surface area contributed by atoms with Gasteiger partial charge in [0.05, 0.1) is 36.6 Å². The number of nitrogens with zero attached hydrogens (tertiary/aromatic N) is 5. The summed E-state index contributed by atoms with van der Waals surface area (Å²) in [6, 6.07) is 10.0. The van der Waals surface area contributed by atoms with Gasteiger partial charge < -0.3 is 14.4 Å². The van der Waals surface area contributed by atoms with Gasteiger partial charge in [-0.25, -0.2) is 9.67 Å². The predicted octanol–water partition coefficient (Wildman–Crippen LogP) is 3.44. The molecule has 192 valence electrons. The fourth-order valence-electron chi connectivity index (χ4n) is 5.22. The summed E-state index contributed by atoms with van der Waals surface area (Å²) in [5.41, 5.74) is 5.11. The van der Waals surface area contributed by atoms with Crippen LogP contribution in [0.1, 0.15) is 35.5 Å². The third-order valence-corrected chi connectivity index (χ3v) is 8.14. The minimum Gasteiger partial charge on any atom is -0.347 e. The first-order valence-electron chi connectivity index (χ1n) is 12.5. The summed E-state index contributed by atoms with van der Waals surface area (Å²) in [4.78, 5) is 34.1. The van der Waals surface area contributed by atoms with Crippen molar-refractivity contribution in [1.82, 2.24) is 24.1 Å². The molecule has 3 aromatic heterocycles. The van der Waals surface area contributed by atoms with Gasteiger partial charge in [-0.2, -0.15) is 5.10 Å². The molecule has 0 saturated carbocycles. The largest absolute Gasteiger partial charge is 0.347 e. The normalized spacial score (nSPS) is 17.2. The van der Waals surface area contributed by atoms with Crippen molar-refractivity contribution < 1.29 is 14.3 Å². The Hall–Kier alpha value is -3.34. The Morgan fingerprint density at radius 1 is 1.08 bits per heavy atom. The van der Waals surface area contributed by atoms with Gasteiger partial charge in [-0.05, 0) is 39.0 Å². The number of thiazole rings is 1. The topological polar surface area (TPSA) is 91.0 Å². The van der Waals surface area contributed by atoms with Crippen molar-refractivity contribution in [3.05, 3.63) is 68.7 Å². The van der Waals surface area contributed by atoms with Crippen molar-refractivity contribution in [2.75, 3.05) is 26.3 Å². The Morgan fingerprint density at radius 3 is 2.49 bits per heavy atom. The third-order valence-electron chi connectivity index (χ3n) is 7.27. The standard InChI is InChI=1S/C27H29N5O4S/c1-17-4-6-20(7-5-17)32-18(2)14-22(29-32)24-19(3)28-26-31(25(24)34)21(16-37-26)15-23(33)30-10-8-27(9-11-30)35-12-13-36-27/h4-7,14,16H,8-13,15H2,1-3H3. The molecule has 1 spiro atoms. The molecular formula is C27H29N5O4S. The zero-order valence-corrected chi connectivity index (χ0v) is 22.0. The fourth-order valence-corrected chi connectivity index (χ4v) is 6.14. The molecule has 37 heavy (non-hydrogen) atoms. The molecule has 2 fully saturated rings. The minimum absolute atomic E-state index is 0.0129. The van der Waals surface area contributed by atoms with Crippen molar-refractivity contribution in [3.8, 4) is 16.9 Å². The van der Waals surface area contributed by atoms with E-state index in [1.165, 1.54) is 16.9 Å². The van der Waals surface area contributed by atoms with E-state index in [0.717, 1.165) is 11.4 Å². The lowest BCUT2D eigenvalue weighted by atomic mass is 10.0. The average Bonchev–Trinajstić information content (AvgIpc) is 3.60. The van der Waals surface area contributed by atoms with Crippen LogP contribution in [0.25, 0.3) is 21.9 Å². The molecule has 0 bridgehead atoms. The molecule has 2 aliphatic rings. The molecule has 4 aromatic rings. The van der Waals surface area contributed by atoms with E-state index >= 15 is 0 Å². The van der Waals surface area contributed by atoms with E-state index in [1.54, 1.807) is 4.40 Å². The van der Waals surface area contributed by atoms with E-state index in [-0.39, 0.29) is 17.9 Å². The third kappa shape index (κ3) is 4.28. The van der Waals surface area contributed by atoms with Gasteiger partial charge >= 0.3 is 0 Å². The first-order valence-corrected chi connectivity index (χ1v) is 13.4. The van der Waals surface area contributed by atoms with Crippen LogP contribution in [0.3, 0.4) is 0 Å². The lowest BCUT2D eigenvalue weighted by molar-refractivity contribution is -0.187. The molecule has 0 radical (unpaired) electrons. The molecule has 1 aromatic carbocycles. The van der Waals surface area contributed by atoms with E-state index in [9.17, 15) is 9.59 Å². The molecule has 2 saturated heterocycles. The van der Waals surface area contributed by atoms with Gasteiger partial charge in [0.2, 0.25) is 5.91 Å². The van der Waals surface area contributed by atoms with Gasteiger partial charge in [0.25, 0.3) is 5.56 Å².